The van der Waals surface area contributed by atoms with E-state index in [-0.39, 0.29) is 0 Å². The summed E-state index contributed by atoms with van der Waals surface area (Å²) < 4.78 is 0. The monoisotopic (exact) mass is 192 g/mol. The van der Waals surface area contributed by atoms with Crippen molar-refractivity contribution >= 4 is 6.29 Å². The summed E-state index contributed by atoms with van der Waals surface area (Å²) in [5.41, 5.74) is 1.95. The Bertz CT molecular complexity index is 266. The number of carbonyl (C=O) groups is 1. The molecule has 1 fully saturated rings. The average Bonchev–Trinajstić information content (AvgIpc) is 2.60. The predicted molar refractivity (Wildman–Crippen MR) is 58.0 cm³/mol. The van der Waals surface area contributed by atoms with Crippen LogP contribution in [0.3, 0.4) is 0 Å². The van der Waals surface area contributed by atoms with Crippen LogP contribution in [0.15, 0.2) is 11.6 Å². The van der Waals surface area contributed by atoms with Crippen LogP contribution in [0, 0.1) is 17.3 Å². The third kappa shape index (κ3) is 1.34. The van der Waals surface area contributed by atoms with E-state index < -0.39 is 0 Å². The summed E-state index contributed by atoms with van der Waals surface area (Å²) in [7, 11) is 0. The van der Waals surface area contributed by atoms with Crippen LogP contribution < -0.4 is 0 Å². The zero-order valence-electron chi connectivity index (χ0n) is 9.25. The molecule has 1 heteroatoms. The van der Waals surface area contributed by atoms with E-state index in [4.69, 9.17) is 0 Å². The van der Waals surface area contributed by atoms with E-state index in [1.165, 1.54) is 25.5 Å². The molecule has 1 spiro atoms. The van der Waals surface area contributed by atoms with Gasteiger partial charge in [-0.2, -0.15) is 0 Å². The second-order valence-electron chi connectivity index (χ2n) is 5.16. The van der Waals surface area contributed by atoms with Crippen molar-refractivity contribution in [2.24, 2.45) is 17.3 Å². The summed E-state index contributed by atoms with van der Waals surface area (Å²) in [5, 5.41) is 0. The van der Waals surface area contributed by atoms with Crippen molar-refractivity contribution in [3.8, 4) is 0 Å². The van der Waals surface area contributed by atoms with Crippen LogP contribution >= 0.6 is 0 Å². The molecule has 0 aromatic rings. The maximum absolute atomic E-state index is 10.8. The topological polar surface area (TPSA) is 17.1 Å². The quantitative estimate of drug-likeness (QED) is 0.460. The molecule has 0 aromatic heterocycles. The Morgan fingerprint density at radius 3 is 2.86 bits per heavy atom. The predicted octanol–water partition coefficient (Wildman–Crippen LogP) is 3.35. The molecule has 0 amide bonds. The summed E-state index contributed by atoms with van der Waals surface area (Å²) in [6.45, 7) is 4.63. The van der Waals surface area contributed by atoms with Crippen molar-refractivity contribution in [3.05, 3.63) is 11.6 Å². The van der Waals surface area contributed by atoms with Gasteiger partial charge in [0.05, 0.1) is 0 Å². The first kappa shape index (κ1) is 9.95. The number of hydrogen-bond donors (Lipinski definition) is 0. The lowest BCUT2D eigenvalue weighted by Gasteiger charge is -2.40. The maximum Gasteiger partial charge on any atom is 0.123 e. The summed E-state index contributed by atoms with van der Waals surface area (Å²) >= 11 is 0. The van der Waals surface area contributed by atoms with Crippen molar-refractivity contribution in [2.75, 3.05) is 0 Å². The lowest BCUT2D eigenvalue weighted by atomic mass is 9.65. The Morgan fingerprint density at radius 2 is 2.29 bits per heavy atom. The zero-order chi connectivity index (χ0) is 10.2. The summed E-state index contributed by atoms with van der Waals surface area (Å²) in [6.07, 6.45) is 9.57. The van der Waals surface area contributed by atoms with E-state index in [9.17, 15) is 4.79 Å². The highest BCUT2D eigenvalue weighted by molar-refractivity contribution is 5.54. The molecule has 0 N–H and O–H groups in total. The fraction of sp³-hybridized carbons (Fsp3) is 0.769. The van der Waals surface area contributed by atoms with Gasteiger partial charge in [0.25, 0.3) is 0 Å². The molecule has 0 aromatic carbocycles. The number of hydrogen-bond acceptors (Lipinski definition) is 1. The van der Waals surface area contributed by atoms with Crippen molar-refractivity contribution in [1.29, 1.82) is 0 Å². The number of aldehydes is 1. The first-order valence-corrected chi connectivity index (χ1v) is 5.81. The van der Waals surface area contributed by atoms with Crippen LogP contribution in [0.5, 0.6) is 0 Å². The standard InChI is InChI=1S/C13H20O/c1-10-4-3-5-11(2)13(10)7-6-12(8-13)9-14/h4,9,11-12H,3,5-8H2,1-2H3/t11-,12?,13+/m0/s1. The highest BCUT2D eigenvalue weighted by Gasteiger charge is 2.44. The Kier molecular flexibility index (Phi) is 2.50. The number of carbonyl (C=O) groups excluding carboxylic acids is 1. The Hall–Kier alpha value is -0.590. The Labute approximate surface area is 86.6 Å². The van der Waals surface area contributed by atoms with Crippen LogP contribution in [0.4, 0.5) is 0 Å². The van der Waals surface area contributed by atoms with Gasteiger partial charge in [0, 0.05) is 5.92 Å². The first-order valence-electron chi connectivity index (χ1n) is 5.81. The lowest BCUT2D eigenvalue weighted by molar-refractivity contribution is -0.111. The molecule has 2 rings (SSSR count). The van der Waals surface area contributed by atoms with Crippen LogP contribution in [0.1, 0.15) is 46.0 Å². The molecular weight excluding hydrogens is 172 g/mol. The van der Waals surface area contributed by atoms with E-state index in [1.54, 1.807) is 5.57 Å². The molecule has 14 heavy (non-hydrogen) atoms. The Morgan fingerprint density at radius 1 is 1.50 bits per heavy atom. The molecule has 1 saturated carbocycles. The Balaban J connectivity index is 2.25. The van der Waals surface area contributed by atoms with Crippen LogP contribution in [0.2, 0.25) is 0 Å². The first-order chi connectivity index (χ1) is 6.69. The lowest BCUT2D eigenvalue weighted by Crippen LogP contribution is -2.30. The maximum atomic E-state index is 10.8. The van der Waals surface area contributed by atoms with Gasteiger partial charge in [0.2, 0.25) is 0 Å². The fourth-order valence-electron chi connectivity index (χ4n) is 3.45. The minimum absolute atomic E-state index is 0.332. The summed E-state index contributed by atoms with van der Waals surface area (Å²) in [6, 6.07) is 0. The van der Waals surface area contributed by atoms with Crippen molar-refractivity contribution in [3.63, 3.8) is 0 Å². The fourth-order valence-corrected chi connectivity index (χ4v) is 3.45. The van der Waals surface area contributed by atoms with Crippen LogP contribution in [-0.2, 0) is 4.79 Å². The van der Waals surface area contributed by atoms with Crippen LogP contribution in [0.25, 0.3) is 0 Å². The van der Waals surface area contributed by atoms with Gasteiger partial charge in [-0.05, 0) is 50.4 Å². The van der Waals surface area contributed by atoms with Gasteiger partial charge in [0.15, 0.2) is 0 Å². The molecule has 0 radical (unpaired) electrons. The zero-order valence-corrected chi connectivity index (χ0v) is 9.25. The molecule has 2 aliphatic carbocycles. The van der Waals surface area contributed by atoms with Crippen molar-refractivity contribution < 1.29 is 4.79 Å². The molecule has 0 aliphatic heterocycles. The largest absolute Gasteiger partial charge is 0.303 e. The van der Waals surface area contributed by atoms with Gasteiger partial charge in [-0.3, -0.25) is 0 Å². The smallest absolute Gasteiger partial charge is 0.123 e. The number of allylic oxidation sites excluding steroid dienone is 2. The van der Waals surface area contributed by atoms with Gasteiger partial charge in [-0.1, -0.05) is 18.6 Å². The number of rotatable bonds is 1. The second-order valence-corrected chi connectivity index (χ2v) is 5.16. The van der Waals surface area contributed by atoms with Crippen molar-refractivity contribution in [1.82, 2.24) is 0 Å². The minimum atomic E-state index is 0.332. The van der Waals surface area contributed by atoms with Gasteiger partial charge >= 0.3 is 0 Å². The van der Waals surface area contributed by atoms with Gasteiger partial charge in [-0.25, -0.2) is 0 Å². The summed E-state index contributed by atoms with van der Waals surface area (Å²) in [5.74, 6) is 1.11. The molecule has 2 aliphatic rings. The molecular formula is C13H20O. The SMILES string of the molecule is CC1=CCC[C@H](C)[C@@]12CCC(C=O)C2. The molecule has 3 atom stereocenters. The molecule has 0 saturated heterocycles. The highest BCUT2D eigenvalue weighted by atomic mass is 16.1. The molecule has 0 bridgehead atoms. The summed E-state index contributed by atoms with van der Waals surface area (Å²) in [4.78, 5) is 10.8. The average molecular weight is 192 g/mol. The molecule has 1 nitrogen and oxygen atoms in total. The second kappa shape index (κ2) is 3.52. The molecule has 78 valence electrons. The third-order valence-electron chi connectivity index (χ3n) is 4.56. The third-order valence-corrected chi connectivity index (χ3v) is 4.56. The normalized spacial score (nSPS) is 42.6. The van der Waals surface area contributed by atoms with Gasteiger partial charge in [0.1, 0.15) is 6.29 Å². The minimum Gasteiger partial charge on any atom is -0.303 e. The van der Waals surface area contributed by atoms with E-state index in [0.717, 1.165) is 18.8 Å². The molecule has 1 unspecified atom stereocenters. The van der Waals surface area contributed by atoms with Crippen molar-refractivity contribution in [2.45, 2.75) is 46.0 Å². The molecule has 0 heterocycles. The van der Waals surface area contributed by atoms with Gasteiger partial charge < -0.3 is 4.79 Å². The van der Waals surface area contributed by atoms with E-state index in [2.05, 4.69) is 19.9 Å². The van der Waals surface area contributed by atoms with E-state index in [1.807, 2.05) is 0 Å². The van der Waals surface area contributed by atoms with E-state index in [0.29, 0.717) is 11.3 Å². The van der Waals surface area contributed by atoms with Gasteiger partial charge in [-0.15, -0.1) is 0 Å². The highest BCUT2D eigenvalue weighted by Crippen LogP contribution is 2.54. The van der Waals surface area contributed by atoms with E-state index >= 15 is 0 Å². The van der Waals surface area contributed by atoms with Crippen LogP contribution in [-0.4, -0.2) is 6.29 Å².